The second-order valence-electron chi connectivity index (χ2n) is 7.53. The Hall–Kier alpha value is -1.35. The molecule has 121 valence electrons. The Kier molecular flexibility index (Phi) is 5.28. The summed E-state index contributed by atoms with van der Waals surface area (Å²) in [6, 6.07) is 7.52. The van der Waals surface area contributed by atoms with Gasteiger partial charge in [-0.15, -0.1) is 0 Å². The third-order valence-corrected chi connectivity index (χ3v) is 4.40. The number of carbonyl (C=O) groups is 1. The van der Waals surface area contributed by atoms with Gasteiger partial charge in [-0.25, -0.2) is 4.79 Å². The molecule has 0 aromatic heterocycles. The molecule has 1 radical (unpaired) electrons. The average molecular weight is 303 g/mol. The van der Waals surface area contributed by atoms with Gasteiger partial charge in [-0.3, -0.25) is 4.89 Å². The van der Waals surface area contributed by atoms with Crippen molar-refractivity contribution in [3.05, 3.63) is 41.5 Å². The highest BCUT2D eigenvalue weighted by atomic mass is 17.2. The Balaban J connectivity index is 1.90. The molecule has 0 spiro atoms. The summed E-state index contributed by atoms with van der Waals surface area (Å²) < 4.78 is 0. The molecule has 2 rings (SSSR count). The Morgan fingerprint density at radius 2 is 1.77 bits per heavy atom. The lowest BCUT2D eigenvalue weighted by atomic mass is 9.81. The van der Waals surface area contributed by atoms with E-state index in [1.54, 1.807) is 12.1 Å². The van der Waals surface area contributed by atoms with E-state index in [-0.39, 0.29) is 5.41 Å². The molecule has 2 atom stereocenters. The van der Waals surface area contributed by atoms with E-state index in [9.17, 15) is 4.79 Å². The maximum Gasteiger partial charge on any atom is 0.373 e. The number of hydrogen-bond donors (Lipinski definition) is 0. The molecule has 1 aromatic rings. The molecule has 0 amide bonds. The lowest BCUT2D eigenvalue weighted by Gasteiger charge is -2.29. The molecule has 0 aliphatic heterocycles. The fourth-order valence-corrected chi connectivity index (χ4v) is 2.86. The van der Waals surface area contributed by atoms with E-state index >= 15 is 0 Å². The Labute approximate surface area is 133 Å². The molecule has 0 N–H and O–H groups in total. The van der Waals surface area contributed by atoms with Crippen LogP contribution in [0.4, 0.5) is 0 Å². The smallest absolute Gasteiger partial charge is 0.292 e. The number of carbonyl (C=O) groups excluding carboxylic acids is 1. The highest BCUT2D eigenvalue weighted by Gasteiger charge is 2.29. The van der Waals surface area contributed by atoms with Gasteiger partial charge in [0.05, 0.1) is 5.56 Å². The van der Waals surface area contributed by atoms with Crippen LogP contribution in [0.5, 0.6) is 0 Å². The molecule has 2 unspecified atom stereocenters. The molecular formula is C19H27O3. The summed E-state index contributed by atoms with van der Waals surface area (Å²) >= 11 is 0. The summed E-state index contributed by atoms with van der Waals surface area (Å²) in [6.07, 6.45) is 3.95. The van der Waals surface area contributed by atoms with Crippen molar-refractivity contribution in [2.24, 2.45) is 11.8 Å². The van der Waals surface area contributed by atoms with Crippen LogP contribution in [0.3, 0.4) is 0 Å². The topological polar surface area (TPSA) is 35.5 Å². The fraction of sp³-hybridized carbons (Fsp3) is 0.579. The zero-order valence-electron chi connectivity index (χ0n) is 14.3. The first-order chi connectivity index (χ1) is 10.3. The van der Waals surface area contributed by atoms with Crippen LogP contribution in [-0.4, -0.2) is 5.97 Å². The maximum absolute atomic E-state index is 12.1. The second kappa shape index (κ2) is 6.82. The third-order valence-electron chi connectivity index (χ3n) is 4.40. The molecular weight excluding hydrogens is 276 g/mol. The van der Waals surface area contributed by atoms with Gasteiger partial charge in [-0.1, -0.05) is 46.8 Å². The van der Waals surface area contributed by atoms with Crippen molar-refractivity contribution < 1.29 is 14.6 Å². The van der Waals surface area contributed by atoms with Gasteiger partial charge in [0.25, 0.3) is 0 Å². The first-order valence-electron chi connectivity index (χ1n) is 8.12. The van der Waals surface area contributed by atoms with Crippen LogP contribution in [-0.2, 0) is 15.2 Å². The monoisotopic (exact) mass is 303 g/mol. The Morgan fingerprint density at radius 1 is 1.14 bits per heavy atom. The van der Waals surface area contributed by atoms with Gasteiger partial charge in [0.2, 0.25) is 0 Å². The van der Waals surface area contributed by atoms with Crippen LogP contribution in [0.25, 0.3) is 0 Å². The van der Waals surface area contributed by atoms with Gasteiger partial charge < -0.3 is 0 Å². The van der Waals surface area contributed by atoms with Crippen molar-refractivity contribution in [3.63, 3.8) is 0 Å². The highest BCUT2D eigenvalue weighted by Crippen LogP contribution is 2.35. The summed E-state index contributed by atoms with van der Waals surface area (Å²) in [6.45, 7) is 10.8. The summed E-state index contributed by atoms with van der Waals surface area (Å²) in [5.41, 5.74) is 1.78. The fourth-order valence-electron chi connectivity index (χ4n) is 2.86. The minimum Gasteiger partial charge on any atom is -0.292 e. The maximum atomic E-state index is 12.1. The van der Waals surface area contributed by atoms with Crippen molar-refractivity contribution in [3.8, 4) is 0 Å². The van der Waals surface area contributed by atoms with Crippen LogP contribution in [0.1, 0.15) is 69.8 Å². The SMILES string of the molecule is CC1CC[C](OOC(=O)c2ccc(C(C)(C)C)cc2)C(C)C1. The third kappa shape index (κ3) is 4.33. The predicted octanol–water partition coefficient (Wildman–Crippen LogP) is 5.06. The van der Waals surface area contributed by atoms with Gasteiger partial charge in [-0.05, 0) is 54.2 Å². The quantitative estimate of drug-likeness (QED) is 0.578. The van der Waals surface area contributed by atoms with Gasteiger partial charge in [0, 0.05) is 0 Å². The zero-order chi connectivity index (χ0) is 16.3. The van der Waals surface area contributed by atoms with E-state index in [0.717, 1.165) is 25.4 Å². The zero-order valence-corrected chi connectivity index (χ0v) is 14.3. The van der Waals surface area contributed by atoms with E-state index in [1.165, 1.54) is 5.56 Å². The molecule has 3 nitrogen and oxygen atoms in total. The van der Waals surface area contributed by atoms with Gasteiger partial charge in [0.15, 0.2) is 6.10 Å². The molecule has 1 aromatic carbocycles. The van der Waals surface area contributed by atoms with Crippen molar-refractivity contribution in [1.82, 2.24) is 0 Å². The van der Waals surface area contributed by atoms with E-state index in [0.29, 0.717) is 17.4 Å². The molecule has 22 heavy (non-hydrogen) atoms. The molecule has 1 fully saturated rings. The minimum atomic E-state index is -0.432. The molecule has 0 saturated heterocycles. The van der Waals surface area contributed by atoms with Crippen molar-refractivity contribution in [2.75, 3.05) is 0 Å². The van der Waals surface area contributed by atoms with E-state index in [2.05, 4.69) is 34.6 Å². The molecule has 0 bridgehead atoms. The first-order valence-corrected chi connectivity index (χ1v) is 8.12. The predicted molar refractivity (Wildman–Crippen MR) is 87.1 cm³/mol. The Bertz CT molecular complexity index is 498. The van der Waals surface area contributed by atoms with Crippen LogP contribution in [0.2, 0.25) is 0 Å². The Morgan fingerprint density at radius 3 is 2.32 bits per heavy atom. The summed E-state index contributed by atoms with van der Waals surface area (Å²) in [4.78, 5) is 22.4. The molecule has 1 aliphatic rings. The summed E-state index contributed by atoms with van der Waals surface area (Å²) in [5.74, 6) is 0.626. The normalized spacial score (nSPS) is 23.3. The van der Waals surface area contributed by atoms with Crippen LogP contribution in [0.15, 0.2) is 24.3 Å². The number of rotatable bonds is 3. The van der Waals surface area contributed by atoms with E-state index < -0.39 is 5.97 Å². The second-order valence-corrected chi connectivity index (χ2v) is 7.53. The van der Waals surface area contributed by atoms with Crippen LogP contribution >= 0.6 is 0 Å². The number of benzene rings is 1. The van der Waals surface area contributed by atoms with E-state index in [1.807, 2.05) is 12.1 Å². The van der Waals surface area contributed by atoms with Gasteiger partial charge in [-0.2, -0.15) is 4.89 Å². The van der Waals surface area contributed by atoms with Crippen molar-refractivity contribution in [2.45, 2.75) is 59.3 Å². The van der Waals surface area contributed by atoms with Crippen molar-refractivity contribution >= 4 is 5.97 Å². The number of hydrogen-bond acceptors (Lipinski definition) is 3. The minimum absolute atomic E-state index is 0.0724. The van der Waals surface area contributed by atoms with Gasteiger partial charge in [0.1, 0.15) is 0 Å². The largest absolute Gasteiger partial charge is 0.373 e. The highest BCUT2D eigenvalue weighted by molar-refractivity contribution is 5.89. The van der Waals surface area contributed by atoms with Gasteiger partial charge >= 0.3 is 5.97 Å². The summed E-state index contributed by atoms with van der Waals surface area (Å²) in [5, 5.41) is 0. The lowest BCUT2D eigenvalue weighted by molar-refractivity contribution is -0.247. The molecule has 3 heteroatoms. The first kappa shape index (κ1) is 17.0. The lowest BCUT2D eigenvalue weighted by Crippen LogP contribution is -2.23. The van der Waals surface area contributed by atoms with Crippen LogP contribution in [0, 0.1) is 17.9 Å². The molecule has 1 saturated carbocycles. The van der Waals surface area contributed by atoms with Crippen LogP contribution < -0.4 is 0 Å². The molecule has 0 heterocycles. The molecule has 1 aliphatic carbocycles. The van der Waals surface area contributed by atoms with Crippen molar-refractivity contribution in [1.29, 1.82) is 0 Å². The standard InChI is InChI=1S/C19H27O3/c1-13-6-11-17(14(2)12-13)21-22-18(20)15-7-9-16(10-8-15)19(3,4)5/h7-10,13-14H,6,11-12H2,1-5H3. The van der Waals surface area contributed by atoms with E-state index in [4.69, 9.17) is 9.78 Å². The average Bonchev–Trinajstić information content (AvgIpc) is 2.45. The summed E-state index contributed by atoms with van der Waals surface area (Å²) in [7, 11) is 0.